The number of rotatable bonds is 4. The molecule has 1 aromatic carbocycles. The maximum atomic E-state index is 13.6. The molecule has 0 saturated carbocycles. The molecule has 0 fully saturated rings. The first-order chi connectivity index (χ1) is 8.06. The van der Waals surface area contributed by atoms with Crippen LogP contribution in [0.4, 0.5) is 4.39 Å². The van der Waals surface area contributed by atoms with Gasteiger partial charge in [-0.1, -0.05) is 15.9 Å². The Balaban J connectivity index is 3.15. The average molecular weight is 359 g/mol. The zero-order valence-corrected chi connectivity index (χ0v) is 13.3. The minimum atomic E-state index is -3.94. The first kappa shape index (κ1) is 15.9. The zero-order valence-electron chi connectivity index (χ0n) is 10.2. The molecular weight excluding hydrogens is 345 g/mol. The quantitative estimate of drug-likeness (QED) is 0.840. The molecular formula is C11H14BrClFNO2S. The molecule has 0 radical (unpaired) electrons. The SMILES string of the molecule is CC(Cl)C(C)(C)NS(=O)(=O)c1ccc(Br)cc1F. The van der Waals surface area contributed by atoms with E-state index in [1.807, 2.05) is 0 Å². The number of nitrogens with one attached hydrogen (secondary N) is 1. The minimum absolute atomic E-state index is 0.393. The van der Waals surface area contributed by atoms with Gasteiger partial charge in [-0.2, -0.15) is 0 Å². The summed E-state index contributed by atoms with van der Waals surface area (Å²) in [5, 5.41) is -0.439. The molecule has 3 nitrogen and oxygen atoms in total. The van der Waals surface area contributed by atoms with Crippen molar-refractivity contribution in [3.05, 3.63) is 28.5 Å². The maximum absolute atomic E-state index is 13.6. The topological polar surface area (TPSA) is 46.2 Å². The molecule has 0 spiro atoms. The first-order valence-corrected chi connectivity index (χ1v) is 7.90. The van der Waals surface area contributed by atoms with E-state index in [4.69, 9.17) is 11.6 Å². The Hall–Kier alpha value is -0.170. The molecule has 1 aromatic rings. The Morgan fingerprint density at radius 1 is 1.44 bits per heavy atom. The number of hydrogen-bond donors (Lipinski definition) is 1. The van der Waals surface area contributed by atoms with Crippen LogP contribution in [-0.2, 0) is 10.0 Å². The van der Waals surface area contributed by atoms with Gasteiger partial charge in [0.2, 0.25) is 10.0 Å². The van der Waals surface area contributed by atoms with Crippen LogP contribution >= 0.6 is 27.5 Å². The van der Waals surface area contributed by atoms with E-state index >= 15 is 0 Å². The molecule has 18 heavy (non-hydrogen) atoms. The van der Waals surface area contributed by atoms with E-state index in [0.29, 0.717) is 4.47 Å². The highest BCUT2D eigenvalue weighted by molar-refractivity contribution is 9.10. The smallest absolute Gasteiger partial charge is 0.207 e. The first-order valence-electron chi connectivity index (χ1n) is 5.19. The van der Waals surface area contributed by atoms with Gasteiger partial charge in [0.25, 0.3) is 0 Å². The van der Waals surface area contributed by atoms with E-state index in [1.54, 1.807) is 20.8 Å². The highest BCUT2D eigenvalue weighted by atomic mass is 79.9. The van der Waals surface area contributed by atoms with Crippen molar-refractivity contribution in [3.63, 3.8) is 0 Å². The summed E-state index contributed by atoms with van der Waals surface area (Å²) >= 11 is 8.97. The van der Waals surface area contributed by atoms with Gasteiger partial charge in [0.15, 0.2) is 0 Å². The van der Waals surface area contributed by atoms with Gasteiger partial charge in [-0.25, -0.2) is 17.5 Å². The lowest BCUT2D eigenvalue weighted by molar-refractivity contribution is 0.443. The Kier molecular flexibility index (Phi) is 4.81. The van der Waals surface area contributed by atoms with Crippen molar-refractivity contribution in [2.75, 3.05) is 0 Å². The van der Waals surface area contributed by atoms with Gasteiger partial charge in [0, 0.05) is 15.4 Å². The lowest BCUT2D eigenvalue weighted by Gasteiger charge is -2.28. The van der Waals surface area contributed by atoms with Crippen molar-refractivity contribution in [2.24, 2.45) is 0 Å². The molecule has 0 aliphatic heterocycles. The van der Waals surface area contributed by atoms with Gasteiger partial charge in [-0.05, 0) is 39.0 Å². The fourth-order valence-corrected chi connectivity index (χ4v) is 3.17. The van der Waals surface area contributed by atoms with Crippen molar-refractivity contribution in [1.29, 1.82) is 0 Å². The summed E-state index contributed by atoms with van der Waals surface area (Å²) < 4.78 is 40.6. The van der Waals surface area contributed by atoms with Gasteiger partial charge in [0.05, 0.1) is 0 Å². The summed E-state index contributed by atoms with van der Waals surface area (Å²) in [7, 11) is -3.94. The Morgan fingerprint density at radius 2 is 2.00 bits per heavy atom. The average Bonchev–Trinajstić information content (AvgIpc) is 2.14. The van der Waals surface area contributed by atoms with E-state index in [9.17, 15) is 12.8 Å². The second-order valence-corrected chi connectivity index (χ2v) is 7.74. The van der Waals surface area contributed by atoms with Gasteiger partial charge < -0.3 is 0 Å². The van der Waals surface area contributed by atoms with Crippen LogP contribution in [0, 0.1) is 5.82 Å². The fourth-order valence-electron chi connectivity index (χ4n) is 1.18. The van der Waals surface area contributed by atoms with Crippen molar-refractivity contribution in [2.45, 2.75) is 36.6 Å². The molecule has 7 heteroatoms. The molecule has 0 amide bonds. The van der Waals surface area contributed by atoms with Crippen LogP contribution in [0.25, 0.3) is 0 Å². The number of alkyl halides is 1. The summed E-state index contributed by atoms with van der Waals surface area (Å²) in [5.41, 5.74) is -0.875. The Morgan fingerprint density at radius 3 is 2.44 bits per heavy atom. The van der Waals surface area contributed by atoms with Crippen molar-refractivity contribution in [1.82, 2.24) is 4.72 Å². The van der Waals surface area contributed by atoms with Crippen LogP contribution in [-0.4, -0.2) is 19.3 Å². The largest absolute Gasteiger partial charge is 0.244 e. The second-order valence-electron chi connectivity index (χ2n) is 4.52. The van der Waals surface area contributed by atoms with Crippen molar-refractivity contribution in [3.8, 4) is 0 Å². The van der Waals surface area contributed by atoms with Crippen LogP contribution in [0.5, 0.6) is 0 Å². The van der Waals surface area contributed by atoms with Crippen LogP contribution in [0.15, 0.2) is 27.6 Å². The molecule has 0 aliphatic rings. The van der Waals surface area contributed by atoms with Crippen molar-refractivity contribution >= 4 is 37.6 Å². The third-order valence-corrected chi connectivity index (χ3v) is 5.32. The van der Waals surface area contributed by atoms with Crippen LogP contribution < -0.4 is 4.72 Å². The molecule has 1 N–H and O–H groups in total. The number of sulfonamides is 1. The highest BCUT2D eigenvalue weighted by Gasteiger charge is 2.31. The van der Waals surface area contributed by atoms with Crippen molar-refractivity contribution < 1.29 is 12.8 Å². The van der Waals surface area contributed by atoms with Gasteiger partial charge in [-0.15, -0.1) is 11.6 Å². The monoisotopic (exact) mass is 357 g/mol. The van der Waals surface area contributed by atoms with E-state index in [-0.39, 0.29) is 0 Å². The Bertz CT molecular complexity index is 546. The molecule has 102 valence electrons. The zero-order chi connectivity index (χ0) is 14.1. The number of benzene rings is 1. The highest BCUT2D eigenvalue weighted by Crippen LogP contribution is 2.23. The molecule has 1 rings (SSSR count). The lowest BCUT2D eigenvalue weighted by atomic mass is 10.0. The molecule has 0 aromatic heterocycles. The van der Waals surface area contributed by atoms with Crippen LogP contribution in [0.2, 0.25) is 0 Å². The van der Waals surface area contributed by atoms with Gasteiger partial charge in [-0.3, -0.25) is 0 Å². The predicted octanol–water partition coefficient (Wildman–Crippen LogP) is 3.27. The number of halogens is 3. The normalized spacial score (nSPS) is 14.6. The lowest BCUT2D eigenvalue weighted by Crippen LogP contribution is -2.49. The van der Waals surface area contributed by atoms with Gasteiger partial charge >= 0.3 is 0 Å². The van der Waals surface area contributed by atoms with E-state index in [2.05, 4.69) is 20.7 Å². The second kappa shape index (κ2) is 5.45. The summed E-state index contributed by atoms with van der Waals surface area (Å²) in [5.74, 6) is -0.810. The molecule has 0 heterocycles. The predicted molar refractivity (Wildman–Crippen MR) is 73.8 cm³/mol. The molecule has 0 bridgehead atoms. The Labute approximate surface area is 120 Å². The summed E-state index contributed by atoms with van der Waals surface area (Å²) in [6, 6.07) is 3.77. The summed E-state index contributed by atoms with van der Waals surface area (Å²) in [6.07, 6.45) is 0. The van der Waals surface area contributed by atoms with E-state index in [1.165, 1.54) is 12.1 Å². The third-order valence-electron chi connectivity index (χ3n) is 2.58. The molecule has 0 saturated heterocycles. The van der Waals surface area contributed by atoms with Crippen LogP contribution in [0.3, 0.4) is 0 Å². The van der Waals surface area contributed by atoms with E-state index in [0.717, 1.165) is 6.07 Å². The number of hydrogen-bond acceptors (Lipinski definition) is 2. The summed E-state index contributed by atoms with van der Waals surface area (Å²) in [6.45, 7) is 4.94. The summed E-state index contributed by atoms with van der Waals surface area (Å²) in [4.78, 5) is -0.393. The maximum Gasteiger partial charge on any atom is 0.244 e. The molecule has 1 unspecified atom stereocenters. The molecule has 1 atom stereocenters. The third kappa shape index (κ3) is 3.66. The van der Waals surface area contributed by atoms with Gasteiger partial charge in [0.1, 0.15) is 10.7 Å². The van der Waals surface area contributed by atoms with E-state index < -0.39 is 31.7 Å². The minimum Gasteiger partial charge on any atom is -0.207 e. The fraction of sp³-hybridized carbons (Fsp3) is 0.455. The standard InChI is InChI=1S/C11H14BrClFNO2S/c1-7(13)11(2,3)15-18(16,17)10-5-4-8(12)6-9(10)14/h4-7,15H,1-3H3. The van der Waals surface area contributed by atoms with Crippen LogP contribution in [0.1, 0.15) is 20.8 Å². The molecule has 0 aliphatic carbocycles.